The molecule has 0 spiro atoms. The number of sulfonamides is 1. The number of amides is 2. The molecule has 2 heterocycles. The number of hydrogen-bond donors (Lipinski definition) is 2. The fourth-order valence-corrected chi connectivity index (χ4v) is 5.52. The number of β-amino-alcohol motifs (C(OH)–C–C–N with tert-alkyl or cyclic N) is 1. The van der Waals surface area contributed by atoms with Gasteiger partial charge in [0.05, 0.1) is 22.4 Å². The minimum absolute atomic E-state index is 0.0918. The van der Waals surface area contributed by atoms with Crippen molar-refractivity contribution in [2.75, 3.05) is 29.9 Å². The molecular formula is C21H20ClN3O7S. The van der Waals surface area contributed by atoms with Crippen LogP contribution in [0, 0.1) is 0 Å². The van der Waals surface area contributed by atoms with E-state index in [-0.39, 0.29) is 24.4 Å². The van der Waals surface area contributed by atoms with Crippen LogP contribution in [-0.2, 0) is 29.1 Å². The van der Waals surface area contributed by atoms with Crippen molar-refractivity contribution in [2.45, 2.75) is 23.5 Å². The van der Waals surface area contributed by atoms with Crippen LogP contribution >= 0.6 is 11.6 Å². The van der Waals surface area contributed by atoms with Crippen molar-refractivity contribution in [3.05, 3.63) is 53.6 Å². The van der Waals surface area contributed by atoms with Crippen LogP contribution in [0.25, 0.3) is 0 Å². The highest BCUT2D eigenvalue weighted by Gasteiger charge is 2.44. The summed E-state index contributed by atoms with van der Waals surface area (Å²) in [5, 5.41) is 13.0. The first-order valence-corrected chi connectivity index (χ1v) is 11.8. The summed E-state index contributed by atoms with van der Waals surface area (Å²) in [7, 11) is -4.12. The second-order valence-corrected chi connectivity index (χ2v) is 9.91. The van der Waals surface area contributed by atoms with Gasteiger partial charge in [-0.2, -0.15) is 4.31 Å². The van der Waals surface area contributed by atoms with Gasteiger partial charge >= 0.3 is 5.97 Å². The molecule has 0 bridgehead atoms. The van der Waals surface area contributed by atoms with E-state index in [1.807, 2.05) is 0 Å². The average molecular weight is 494 g/mol. The normalized spacial score (nSPS) is 20.8. The highest BCUT2D eigenvalue weighted by Crippen LogP contribution is 2.30. The van der Waals surface area contributed by atoms with Crippen molar-refractivity contribution >= 4 is 50.8 Å². The van der Waals surface area contributed by atoms with Gasteiger partial charge in [-0.05, 0) is 36.4 Å². The van der Waals surface area contributed by atoms with E-state index in [9.17, 15) is 27.9 Å². The van der Waals surface area contributed by atoms with E-state index >= 15 is 0 Å². The molecule has 0 aliphatic carbocycles. The smallest absolute Gasteiger partial charge is 0.325 e. The van der Waals surface area contributed by atoms with Crippen molar-refractivity contribution in [1.82, 2.24) is 4.31 Å². The van der Waals surface area contributed by atoms with Crippen molar-refractivity contribution in [2.24, 2.45) is 0 Å². The number of anilines is 2. The van der Waals surface area contributed by atoms with Gasteiger partial charge in [0.25, 0.3) is 5.91 Å². The lowest BCUT2D eigenvalue weighted by molar-refractivity contribution is -0.151. The molecule has 2 aromatic rings. The Morgan fingerprint density at radius 1 is 1.15 bits per heavy atom. The van der Waals surface area contributed by atoms with Crippen LogP contribution in [0.3, 0.4) is 0 Å². The lowest BCUT2D eigenvalue weighted by Crippen LogP contribution is -2.45. The summed E-state index contributed by atoms with van der Waals surface area (Å²) in [6, 6.07) is 10.8. The minimum Gasteiger partial charge on any atom is -0.454 e. The van der Waals surface area contributed by atoms with Crippen molar-refractivity contribution in [3.8, 4) is 0 Å². The molecule has 2 amide bonds. The van der Waals surface area contributed by atoms with Crippen molar-refractivity contribution < 1.29 is 32.6 Å². The maximum atomic E-state index is 13.0. The highest BCUT2D eigenvalue weighted by atomic mass is 35.5. The summed E-state index contributed by atoms with van der Waals surface area (Å²) in [6.45, 7) is -1.23. The quantitative estimate of drug-likeness (QED) is 0.593. The number of nitrogens with one attached hydrogen (secondary N) is 1. The van der Waals surface area contributed by atoms with Crippen LogP contribution in [0.5, 0.6) is 0 Å². The third-order valence-corrected chi connectivity index (χ3v) is 7.48. The van der Waals surface area contributed by atoms with Crippen molar-refractivity contribution in [3.63, 3.8) is 0 Å². The van der Waals surface area contributed by atoms with Gasteiger partial charge in [0, 0.05) is 18.0 Å². The predicted molar refractivity (Wildman–Crippen MR) is 118 cm³/mol. The van der Waals surface area contributed by atoms with E-state index in [2.05, 4.69) is 5.32 Å². The maximum Gasteiger partial charge on any atom is 0.325 e. The van der Waals surface area contributed by atoms with E-state index in [0.717, 1.165) is 4.31 Å². The fourth-order valence-electron chi connectivity index (χ4n) is 3.77. The number of nitrogens with zero attached hydrogens (tertiary/aromatic N) is 2. The number of aliphatic hydroxyl groups is 1. The largest absolute Gasteiger partial charge is 0.454 e. The summed E-state index contributed by atoms with van der Waals surface area (Å²) in [6.07, 6.45) is -1.24. The zero-order valence-electron chi connectivity index (χ0n) is 17.2. The Bertz CT molecular complexity index is 1200. The van der Waals surface area contributed by atoms with Crippen LogP contribution in [0.2, 0.25) is 5.02 Å². The summed E-state index contributed by atoms with van der Waals surface area (Å²) in [5.41, 5.74) is 0.911. The molecule has 0 aromatic heterocycles. The Hall–Kier alpha value is -2.99. The molecule has 10 nitrogen and oxygen atoms in total. The number of para-hydroxylation sites is 2. The van der Waals surface area contributed by atoms with E-state index in [4.69, 9.17) is 16.3 Å². The van der Waals surface area contributed by atoms with Gasteiger partial charge in [-0.15, -0.1) is 0 Å². The van der Waals surface area contributed by atoms with Gasteiger partial charge in [0.15, 0.2) is 6.61 Å². The summed E-state index contributed by atoms with van der Waals surface area (Å²) >= 11 is 5.82. The molecule has 33 heavy (non-hydrogen) atoms. The van der Waals surface area contributed by atoms with Gasteiger partial charge in [-0.25, -0.2) is 8.42 Å². The molecule has 2 N–H and O–H groups in total. The monoisotopic (exact) mass is 493 g/mol. The molecule has 12 heteroatoms. The van der Waals surface area contributed by atoms with Gasteiger partial charge in [0.2, 0.25) is 15.9 Å². The number of benzene rings is 2. The Labute approximate surface area is 194 Å². The zero-order chi connectivity index (χ0) is 23.8. The number of aliphatic hydroxyl groups excluding tert-OH is 1. The number of carbonyl (C=O) groups excluding carboxylic acids is 3. The number of hydrogen-bond acceptors (Lipinski definition) is 7. The first-order valence-electron chi connectivity index (χ1n) is 9.98. The number of ether oxygens (including phenoxy) is 1. The summed E-state index contributed by atoms with van der Waals surface area (Å²) in [5.74, 6) is -2.00. The SMILES string of the molecule is O=C1CN(C(=O)COC(=O)C2CC(O)CN2S(=O)(=O)c2ccc(Cl)cc2)c2ccccc2N1. The Morgan fingerprint density at radius 3 is 2.58 bits per heavy atom. The summed E-state index contributed by atoms with van der Waals surface area (Å²) in [4.78, 5) is 38.4. The van der Waals surface area contributed by atoms with Gasteiger partial charge in [-0.1, -0.05) is 23.7 Å². The maximum absolute atomic E-state index is 13.0. The molecule has 2 atom stereocenters. The standard InChI is InChI=1S/C21H20ClN3O7S/c22-13-5-7-15(8-6-13)33(30,31)25-10-14(26)9-18(25)21(29)32-12-20(28)24-11-19(27)23-16-3-1-2-4-17(16)24/h1-8,14,18,26H,9-12H2,(H,23,27). The van der Waals surface area contributed by atoms with Crippen LogP contribution in [0.15, 0.2) is 53.4 Å². The molecule has 2 aromatic carbocycles. The Kier molecular flexibility index (Phi) is 6.39. The minimum atomic E-state index is -4.12. The molecule has 2 unspecified atom stereocenters. The van der Waals surface area contributed by atoms with Crippen molar-refractivity contribution in [1.29, 1.82) is 0 Å². The third kappa shape index (κ3) is 4.71. The zero-order valence-corrected chi connectivity index (χ0v) is 18.8. The third-order valence-electron chi connectivity index (χ3n) is 5.34. The topological polar surface area (TPSA) is 133 Å². The van der Waals surface area contributed by atoms with Crippen LogP contribution in [-0.4, -0.2) is 67.5 Å². The second kappa shape index (κ2) is 9.10. The number of rotatable bonds is 5. The van der Waals surface area contributed by atoms with E-state index in [1.165, 1.54) is 29.2 Å². The van der Waals surface area contributed by atoms with Crippen LogP contribution in [0.1, 0.15) is 6.42 Å². The van der Waals surface area contributed by atoms with E-state index in [1.54, 1.807) is 24.3 Å². The van der Waals surface area contributed by atoms with Crippen LogP contribution < -0.4 is 10.2 Å². The first kappa shape index (κ1) is 23.2. The molecule has 174 valence electrons. The molecule has 0 saturated carbocycles. The molecule has 1 fully saturated rings. The second-order valence-electron chi connectivity index (χ2n) is 7.59. The molecule has 4 rings (SSSR count). The molecule has 2 aliphatic heterocycles. The number of carbonyl (C=O) groups is 3. The van der Waals surface area contributed by atoms with Gasteiger partial charge in [-0.3, -0.25) is 19.3 Å². The predicted octanol–water partition coefficient (Wildman–Crippen LogP) is 0.992. The Balaban J connectivity index is 1.47. The van der Waals surface area contributed by atoms with Crippen LogP contribution in [0.4, 0.5) is 11.4 Å². The molecular weight excluding hydrogens is 474 g/mol. The van der Waals surface area contributed by atoms with E-state index < -0.39 is 46.6 Å². The van der Waals surface area contributed by atoms with Gasteiger partial charge < -0.3 is 15.2 Å². The van der Waals surface area contributed by atoms with E-state index in [0.29, 0.717) is 16.4 Å². The highest BCUT2D eigenvalue weighted by molar-refractivity contribution is 7.89. The van der Waals surface area contributed by atoms with Gasteiger partial charge in [0.1, 0.15) is 12.6 Å². The first-order chi connectivity index (χ1) is 15.7. The molecule has 0 radical (unpaired) electrons. The molecule has 2 aliphatic rings. The Morgan fingerprint density at radius 2 is 1.85 bits per heavy atom. The molecule has 1 saturated heterocycles. The fraction of sp³-hybridized carbons (Fsp3) is 0.286. The number of halogens is 1. The number of esters is 1. The number of fused-ring (bicyclic) bond motifs is 1. The lowest BCUT2D eigenvalue weighted by Gasteiger charge is -2.29. The average Bonchev–Trinajstić information content (AvgIpc) is 3.19. The summed E-state index contributed by atoms with van der Waals surface area (Å²) < 4.78 is 32.0. The lowest BCUT2D eigenvalue weighted by atomic mass is 10.2.